The van der Waals surface area contributed by atoms with Gasteiger partial charge in [0.05, 0.1) is 11.5 Å². The zero-order valence-electron chi connectivity index (χ0n) is 15.1. The molecule has 2 aromatic carbocycles. The molecule has 1 aromatic heterocycles. The summed E-state index contributed by atoms with van der Waals surface area (Å²) in [5.74, 6) is 0.401. The summed E-state index contributed by atoms with van der Waals surface area (Å²) in [6.45, 7) is 2.56. The first kappa shape index (κ1) is 19.4. The van der Waals surface area contributed by atoms with Crippen LogP contribution in [0.25, 0.3) is 0 Å². The van der Waals surface area contributed by atoms with Crippen LogP contribution in [0.15, 0.2) is 48.5 Å². The van der Waals surface area contributed by atoms with Gasteiger partial charge in [0.2, 0.25) is 5.13 Å². The van der Waals surface area contributed by atoms with Gasteiger partial charge in [0.25, 0.3) is 11.6 Å². The summed E-state index contributed by atoms with van der Waals surface area (Å²) in [5.41, 5.74) is 1.49. The number of carbonyl (C=O) groups excluding carboxylic acids is 1. The maximum atomic E-state index is 12.2. The number of aromatic nitrogens is 2. The minimum Gasteiger partial charge on any atom is -0.493 e. The normalized spacial score (nSPS) is 10.5. The molecule has 144 valence electrons. The Bertz CT molecular complexity index is 955. The van der Waals surface area contributed by atoms with Gasteiger partial charge in [-0.2, -0.15) is 0 Å². The van der Waals surface area contributed by atoms with E-state index < -0.39 is 10.8 Å². The molecule has 8 nitrogen and oxygen atoms in total. The molecule has 0 atom stereocenters. The molecule has 0 aliphatic rings. The number of rotatable bonds is 8. The van der Waals surface area contributed by atoms with E-state index >= 15 is 0 Å². The monoisotopic (exact) mass is 398 g/mol. The Morgan fingerprint density at radius 2 is 1.86 bits per heavy atom. The van der Waals surface area contributed by atoms with E-state index in [1.54, 1.807) is 0 Å². The van der Waals surface area contributed by atoms with Gasteiger partial charge in [0.1, 0.15) is 10.8 Å². The van der Waals surface area contributed by atoms with E-state index in [1.807, 2.05) is 24.3 Å². The number of ether oxygens (including phenoxy) is 1. The van der Waals surface area contributed by atoms with E-state index in [4.69, 9.17) is 4.74 Å². The van der Waals surface area contributed by atoms with Gasteiger partial charge in [-0.3, -0.25) is 20.2 Å². The van der Waals surface area contributed by atoms with Gasteiger partial charge < -0.3 is 4.74 Å². The lowest BCUT2D eigenvalue weighted by molar-refractivity contribution is -0.384. The standard InChI is InChI=1S/C19H18N4O4S/c1-2-13-3-9-16(10-4-13)27-12-11-17-21-22-19(28-17)20-18(24)14-5-7-15(8-6-14)23(25)26/h3-10H,2,11-12H2,1H3,(H,20,22,24). The van der Waals surface area contributed by atoms with Crippen molar-refractivity contribution in [3.63, 3.8) is 0 Å². The average molecular weight is 398 g/mol. The summed E-state index contributed by atoms with van der Waals surface area (Å²) in [6, 6.07) is 13.3. The second kappa shape index (κ2) is 9.05. The number of carbonyl (C=O) groups is 1. The van der Waals surface area contributed by atoms with Gasteiger partial charge in [-0.15, -0.1) is 10.2 Å². The van der Waals surface area contributed by atoms with Crippen molar-refractivity contribution in [2.75, 3.05) is 11.9 Å². The molecular formula is C19H18N4O4S. The molecule has 28 heavy (non-hydrogen) atoms. The fourth-order valence-electron chi connectivity index (χ4n) is 2.39. The van der Waals surface area contributed by atoms with Crippen LogP contribution in [-0.2, 0) is 12.8 Å². The Morgan fingerprint density at radius 3 is 2.50 bits per heavy atom. The number of nitrogens with zero attached hydrogens (tertiary/aromatic N) is 3. The number of benzene rings is 2. The largest absolute Gasteiger partial charge is 0.493 e. The van der Waals surface area contributed by atoms with E-state index in [1.165, 1.54) is 41.2 Å². The van der Waals surface area contributed by atoms with Crippen molar-refractivity contribution in [3.05, 3.63) is 74.8 Å². The van der Waals surface area contributed by atoms with E-state index in [-0.39, 0.29) is 5.69 Å². The van der Waals surface area contributed by atoms with Crippen LogP contribution in [0, 0.1) is 10.1 Å². The van der Waals surface area contributed by atoms with Crippen molar-refractivity contribution >= 4 is 28.1 Å². The molecule has 3 rings (SSSR count). The van der Waals surface area contributed by atoms with Gasteiger partial charge in [-0.05, 0) is 36.2 Å². The molecule has 0 spiro atoms. The second-order valence-corrected chi connectivity index (χ2v) is 6.92. The Balaban J connectivity index is 1.50. The van der Waals surface area contributed by atoms with Crippen LogP contribution >= 0.6 is 11.3 Å². The summed E-state index contributed by atoms with van der Waals surface area (Å²) in [5, 5.41) is 22.4. The van der Waals surface area contributed by atoms with E-state index in [2.05, 4.69) is 22.4 Å². The van der Waals surface area contributed by atoms with Crippen molar-refractivity contribution in [1.82, 2.24) is 10.2 Å². The van der Waals surface area contributed by atoms with Crippen LogP contribution in [0.5, 0.6) is 5.75 Å². The van der Waals surface area contributed by atoms with Crippen molar-refractivity contribution in [2.45, 2.75) is 19.8 Å². The number of anilines is 1. The zero-order chi connectivity index (χ0) is 19.9. The Kier molecular flexibility index (Phi) is 6.28. The lowest BCUT2D eigenvalue weighted by Gasteiger charge is -2.05. The first-order chi connectivity index (χ1) is 13.5. The topological polar surface area (TPSA) is 107 Å². The first-order valence-corrected chi connectivity index (χ1v) is 9.46. The van der Waals surface area contributed by atoms with Gasteiger partial charge in [0.15, 0.2) is 0 Å². The molecule has 0 fully saturated rings. The summed E-state index contributed by atoms with van der Waals surface area (Å²) in [7, 11) is 0. The highest BCUT2D eigenvalue weighted by atomic mass is 32.1. The molecule has 1 N–H and O–H groups in total. The number of non-ortho nitro benzene ring substituents is 1. The predicted octanol–water partition coefficient (Wildman–Crippen LogP) is 3.88. The molecule has 0 aliphatic carbocycles. The highest BCUT2D eigenvalue weighted by Crippen LogP contribution is 2.19. The fourth-order valence-corrected chi connectivity index (χ4v) is 3.10. The van der Waals surface area contributed by atoms with Gasteiger partial charge >= 0.3 is 0 Å². The number of hydrogen-bond donors (Lipinski definition) is 1. The maximum Gasteiger partial charge on any atom is 0.269 e. The molecule has 0 bridgehead atoms. The Labute approximate surface area is 165 Å². The molecule has 1 amide bonds. The maximum absolute atomic E-state index is 12.2. The molecule has 9 heteroatoms. The Hall–Kier alpha value is -3.33. The highest BCUT2D eigenvalue weighted by molar-refractivity contribution is 7.15. The van der Waals surface area contributed by atoms with Crippen molar-refractivity contribution in [1.29, 1.82) is 0 Å². The lowest BCUT2D eigenvalue weighted by Crippen LogP contribution is -2.11. The third-order valence-electron chi connectivity index (χ3n) is 3.94. The quantitative estimate of drug-likeness (QED) is 0.456. The van der Waals surface area contributed by atoms with Gasteiger partial charge in [0, 0.05) is 24.1 Å². The third kappa shape index (κ3) is 5.10. The van der Waals surface area contributed by atoms with E-state index in [9.17, 15) is 14.9 Å². The summed E-state index contributed by atoms with van der Waals surface area (Å²) in [4.78, 5) is 22.3. The van der Waals surface area contributed by atoms with Crippen LogP contribution in [0.2, 0.25) is 0 Å². The van der Waals surface area contributed by atoms with Gasteiger partial charge in [-0.25, -0.2) is 0 Å². The summed E-state index contributed by atoms with van der Waals surface area (Å²) in [6.07, 6.45) is 1.56. The third-order valence-corrected chi connectivity index (χ3v) is 4.84. The molecule has 0 radical (unpaired) electrons. The highest BCUT2D eigenvalue weighted by Gasteiger charge is 2.12. The van der Waals surface area contributed by atoms with Crippen LogP contribution < -0.4 is 10.1 Å². The molecule has 0 unspecified atom stereocenters. The zero-order valence-corrected chi connectivity index (χ0v) is 15.9. The molecule has 0 aliphatic heterocycles. The smallest absolute Gasteiger partial charge is 0.269 e. The molecule has 3 aromatic rings. The average Bonchev–Trinajstić information content (AvgIpc) is 3.15. The Morgan fingerprint density at radius 1 is 1.14 bits per heavy atom. The van der Waals surface area contributed by atoms with Crippen LogP contribution in [-0.4, -0.2) is 27.6 Å². The van der Waals surface area contributed by atoms with E-state index in [0.29, 0.717) is 23.7 Å². The molecule has 0 saturated heterocycles. The number of nitro groups is 1. The number of nitro benzene ring substituents is 1. The van der Waals surface area contributed by atoms with Crippen LogP contribution in [0.4, 0.5) is 10.8 Å². The van der Waals surface area contributed by atoms with Crippen molar-refractivity contribution in [3.8, 4) is 5.75 Å². The first-order valence-electron chi connectivity index (χ1n) is 8.65. The summed E-state index contributed by atoms with van der Waals surface area (Å²) < 4.78 is 5.70. The van der Waals surface area contributed by atoms with Crippen molar-refractivity contribution in [2.24, 2.45) is 0 Å². The van der Waals surface area contributed by atoms with E-state index in [0.717, 1.165) is 17.2 Å². The number of hydrogen-bond acceptors (Lipinski definition) is 7. The summed E-state index contributed by atoms with van der Waals surface area (Å²) >= 11 is 1.26. The number of nitrogens with one attached hydrogen (secondary N) is 1. The molecular weight excluding hydrogens is 380 g/mol. The molecule has 1 heterocycles. The minimum absolute atomic E-state index is 0.0703. The minimum atomic E-state index is -0.515. The van der Waals surface area contributed by atoms with Crippen molar-refractivity contribution < 1.29 is 14.5 Å². The lowest BCUT2D eigenvalue weighted by atomic mass is 10.2. The van der Waals surface area contributed by atoms with Crippen LogP contribution in [0.3, 0.4) is 0 Å². The number of aryl methyl sites for hydroxylation is 1. The molecule has 0 saturated carbocycles. The predicted molar refractivity (Wildman–Crippen MR) is 106 cm³/mol. The van der Waals surface area contributed by atoms with Gasteiger partial charge in [-0.1, -0.05) is 30.4 Å². The second-order valence-electron chi connectivity index (χ2n) is 5.86. The van der Waals surface area contributed by atoms with Crippen LogP contribution in [0.1, 0.15) is 27.9 Å². The fraction of sp³-hybridized carbons (Fsp3) is 0.211. The number of amides is 1. The SMILES string of the molecule is CCc1ccc(OCCc2nnc(NC(=O)c3ccc([N+](=O)[O-])cc3)s2)cc1.